The molecule has 0 aromatic heterocycles. The lowest BCUT2D eigenvalue weighted by molar-refractivity contribution is -0.117. The molecular formula is C16H34O5Si2. The Morgan fingerprint density at radius 2 is 1.22 bits per heavy atom. The molecule has 0 bridgehead atoms. The highest BCUT2D eigenvalue weighted by atomic mass is 28.4. The van der Waals surface area contributed by atoms with Crippen molar-refractivity contribution in [3.63, 3.8) is 0 Å². The van der Waals surface area contributed by atoms with Crippen LogP contribution in [0.5, 0.6) is 0 Å². The Morgan fingerprint density at radius 3 is 1.48 bits per heavy atom. The first-order valence-electron chi connectivity index (χ1n) is 8.98. The van der Waals surface area contributed by atoms with Gasteiger partial charge >= 0.3 is 0 Å². The fourth-order valence-corrected chi connectivity index (χ4v) is 12.1. The molecule has 2 aliphatic heterocycles. The Balaban J connectivity index is 1.70. The van der Waals surface area contributed by atoms with Gasteiger partial charge in [0.2, 0.25) is 0 Å². The molecule has 4 unspecified atom stereocenters. The summed E-state index contributed by atoms with van der Waals surface area (Å²) in [6, 6.07) is 1.91. The van der Waals surface area contributed by atoms with Crippen LogP contribution >= 0.6 is 0 Å². The summed E-state index contributed by atoms with van der Waals surface area (Å²) in [6.07, 6.45) is 2.89. The van der Waals surface area contributed by atoms with E-state index >= 15 is 0 Å². The molecule has 0 radical (unpaired) electrons. The maximum Gasteiger partial charge on any atom is 0.173 e. The molecule has 0 aromatic rings. The summed E-state index contributed by atoms with van der Waals surface area (Å²) in [5.74, 6) is 0. The summed E-state index contributed by atoms with van der Waals surface area (Å²) >= 11 is 0. The highest BCUT2D eigenvalue weighted by Gasteiger charge is 2.36. The topological polar surface area (TPSA) is 68.2 Å². The van der Waals surface area contributed by atoms with Crippen molar-refractivity contribution in [2.24, 2.45) is 0 Å². The fraction of sp³-hybridized carbons (Fsp3) is 1.00. The van der Waals surface area contributed by atoms with Crippen LogP contribution < -0.4 is 0 Å². The molecule has 7 heteroatoms. The predicted octanol–water partition coefficient (Wildman–Crippen LogP) is 2.49. The summed E-state index contributed by atoms with van der Waals surface area (Å²) in [5, 5.41) is 20.2. The lowest BCUT2D eigenvalue weighted by Crippen LogP contribution is -2.47. The normalized spacial score (nSPS) is 27.9. The van der Waals surface area contributed by atoms with Gasteiger partial charge in [0.25, 0.3) is 0 Å². The molecule has 0 aromatic carbocycles. The Kier molecular flexibility index (Phi) is 6.87. The summed E-state index contributed by atoms with van der Waals surface area (Å²) in [6.45, 7) is 10.5. The van der Waals surface area contributed by atoms with Crippen molar-refractivity contribution >= 4 is 16.6 Å². The van der Waals surface area contributed by atoms with Crippen LogP contribution in [0.2, 0.25) is 38.3 Å². The molecule has 2 heterocycles. The molecule has 0 amide bonds. The second-order valence-electron chi connectivity index (χ2n) is 8.23. The monoisotopic (exact) mass is 362 g/mol. The standard InChI is InChI=1S/C16H34O5Si2/c1-22(2,11-7-13(17)15-5-9-19-15)21-23(3,4)12-8-14(18)16-6-10-20-16/h13-18H,5-12H2,1-4H3. The molecule has 5 nitrogen and oxygen atoms in total. The molecule has 2 aliphatic rings. The number of aliphatic hydroxyl groups is 2. The molecule has 2 N–H and O–H groups in total. The first-order chi connectivity index (χ1) is 10.7. The van der Waals surface area contributed by atoms with Crippen molar-refractivity contribution in [2.75, 3.05) is 13.2 Å². The zero-order valence-electron chi connectivity index (χ0n) is 15.1. The van der Waals surface area contributed by atoms with Crippen LogP contribution in [0.3, 0.4) is 0 Å². The number of hydrogen-bond acceptors (Lipinski definition) is 5. The van der Waals surface area contributed by atoms with Crippen molar-refractivity contribution in [3.05, 3.63) is 0 Å². The van der Waals surface area contributed by atoms with Crippen molar-refractivity contribution < 1.29 is 23.8 Å². The van der Waals surface area contributed by atoms with Crippen LogP contribution in [0.25, 0.3) is 0 Å². The maximum atomic E-state index is 10.1. The molecule has 2 rings (SSSR count). The summed E-state index contributed by atoms with van der Waals surface area (Å²) in [5.41, 5.74) is 0. The minimum atomic E-state index is -1.80. The minimum absolute atomic E-state index is 0.0441. The van der Waals surface area contributed by atoms with Gasteiger partial charge in [-0.05, 0) is 64.0 Å². The van der Waals surface area contributed by atoms with Gasteiger partial charge in [0.05, 0.1) is 24.4 Å². The molecule has 23 heavy (non-hydrogen) atoms. The van der Waals surface area contributed by atoms with E-state index in [0.717, 1.165) is 51.0 Å². The van der Waals surface area contributed by atoms with Crippen LogP contribution in [-0.2, 0) is 13.6 Å². The SMILES string of the molecule is C[Si](C)(CCC(O)C1CCO1)O[Si](C)(C)CCC(O)C1CCO1. The number of ether oxygens (including phenoxy) is 2. The number of hydrogen-bond donors (Lipinski definition) is 2. The zero-order valence-corrected chi connectivity index (χ0v) is 17.1. The van der Waals surface area contributed by atoms with Crippen molar-refractivity contribution in [2.45, 2.75) is 88.4 Å². The lowest BCUT2D eigenvalue weighted by atomic mass is 10.1. The van der Waals surface area contributed by atoms with Crippen LogP contribution in [0.15, 0.2) is 0 Å². The van der Waals surface area contributed by atoms with Gasteiger partial charge in [0, 0.05) is 13.2 Å². The molecule has 0 spiro atoms. The van der Waals surface area contributed by atoms with Crippen LogP contribution in [0.1, 0.15) is 25.7 Å². The quantitative estimate of drug-likeness (QED) is 0.584. The smallest absolute Gasteiger partial charge is 0.173 e. The minimum Gasteiger partial charge on any atom is -0.455 e. The highest BCUT2D eigenvalue weighted by molar-refractivity contribution is 6.84. The molecule has 0 saturated carbocycles. The van der Waals surface area contributed by atoms with Crippen molar-refractivity contribution in [1.29, 1.82) is 0 Å². The summed E-state index contributed by atoms with van der Waals surface area (Å²) < 4.78 is 17.3. The van der Waals surface area contributed by atoms with Gasteiger partial charge in [0.1, 0.15) is 0 Å². The Bertz CT molecular complexity index is 335. The largest absolute Gasteiger partial charge is 0.455 e. The van der Waals surface area contributed by atoms with Gasteiger partial charge in [-0.25, -0.2) is 0 Å². The van der Waals surface area contributed by atoms with Crippen LogP contribution in [-0.4, -0.2) is 64.5 Å². The Labute approximate surface area is 142 Å². The van der Waals surface area contributed by atoms with Crippen molar-refractivity contribution in [1.82, 2.24) is 0 Å². The molecule has 2 fully saturated rings. The Hall–Kier alpha value is 0.234. The molecular weight excluding hydrogens is 328 g/mol. The van der Waals surface area contributed by atoms with E-state index in [9.17, 15) is 10.2 Å². The second kappa shape index (κ2) is 8.08. The number of rotatable bonds is 10. The van der Waals surface area contributed by atoms with E-state index in [1.54, 1.807) is 0 Å². The third kappa shape index (κ3) is 6.23. The van der Waals surface area contributed by atoms with Gasteiger partial charge < -0.3 is 23.8 Å². The first-order valence-corrected chi connectivity index (χ1v) is 15.2. The van der Waals surface area contributed by atoms with Crippen molar-refractivity contribution in [3.8, 4) is 0 Å². The van der Waals surface area contributed by atoms with Crippen LogP contribution in [0, 0.1) is 0 Å². The summed E-state index contributed by atoms with van der Waals surface area (Å²) in [4.78, 5) is 0. The van der Waals surface area contributed by atoms with Gasteiger partial charge in [-0.2, -0.15) is 0 Å². The average molecular weight is 363 g/mol. The second-order valence-corrected chi connectivity index (χ2v) is 17.1. The van der Waals surface area contributed by atoms with Gasteiger partial charge in [0.15, 0.2) is 16.6 Å². The Morgan fingerprint density at radius 1 is 0.870 bits per heavy atom. The van der Waals surface area contributed by atoms with E-state index in [1.165, 1.54) is 0 Å². The van der Waals surface area contributed by atoms with Crippen LogP contribution in [0.4, 0.5) is 0 Å². The van der Waals surface area contributed by atoms with E-state index in [2.05, 4.69) is 26.2 Å². The number of aliphatic hydroxyl groups excluding tert-OH is 2. The zero-order chi connectivity index (χ0) is 17.1. The van der Waals surface area contributed by atoms with E-state index in [1.807, 2.05) is 0 Å². The van der Waals surface area contributed by atoms with Gasteiger partial charge in [-0.1, -0.05) is 0 Å². The summed E-state index contributed by atoms with van der Waals surface area (Å²) in [7, 11) is -3.59. The third-order valence-electron chi connectivity index (χ3n) is 4.96. The molecule has 4 atom stereocenters. The van der Waals surface area contributed by atoms with E-state index < -0.39 is 16.6 Å². The highest BCUT2D eigenvalue weighted by Crippen LogP contribution is 2.28. The lowest BCUT2D eigenvalue weighted by Gasteiger charge is -2.37. The predicted molar refractivity (Wildman–Crippen MR) is 95.6 cm³/mol. The molecule has 0 aliphatic carbocycles. The third-order valence-corrected chi connectivity index (χ3v) is 12.4. The van der Waals surface area contributed by atoms with E-state index in [-0.39, 0.29) is 24.4 Å². The molecule has 2 saturated heterocycles. The van der Waals surface area contributed by atoms with E-state index in [0.29, 0.717) is 0 Å². The first kappa shape index (κ1) is 19.6. The van der Waals surface area contributed by atoms with E-state index in [4.69, 9.17) is 13.6 Å². The maximum absolute atomic E-state index is 10.1. The van der Waals surface area contributed by atoms with Gasteiger partial charge in [-0.15, -0.1) is 0 Å². The molecule has 136 valence electrons. The van der Waals surface area contributed by atoms with Gasteiger partial charge in [-0.3, -0.25) is 0 Å². The average Bonchev–Trinajstić information content (AvgIpc) is 2.29. The fourth-order valence-electron chi connectivity index (χ4n) is 3.33.